The van der Waals surface area contributed by atoms with Crippen molar-refractivity contribution in [3.8, 4) is 0 Å². The number of sulfonamides is 1. The monoisotopic (exact) mass is 341 g/mol. The van der Waals surface area contributed by atoms with E-state index in [9.17, 15) is 12.8 Å². The molecule has 6 heteroatoms. The molecule has 0 spiro atoms. The van der Waals surface area contributed by atoms with Crippen molar-refractivity contribution in [3.63, 3.8) is 0 Å². The van der Waals surface area contributed by atoms with Gasteiger partial charge in [-0.3, -0.25) is 4.72 Å². The Labute approximate surface area is 135 Å². The van der Waals surface area contributed by atoms with Crippen molar-refractivity contribution in [1.29, 1.82) is 0 Å². The summed E-state index contributed by atoms with van der Waals surface area (Å²) in [5.41, 5.74) is 1.34. The standard InChI is InChI=1S/C16H17ClFNO2S/c1-3-11(2)13-6-4-5-7-15(13)19-22(20,21)16-9-8-12(17)10-14(16)18/h4-11,19H,3H2,1-2H3/t11-/m1/s1. The molecule has 1 atom stereocenters. The molecule has 22 heavy (non-hydrogen) atoms. The van der Waals surface area contributed by atoms with Gasteiger partial charge in [0.1, 0.15) is 10.7 Å². The highest BCUT2D eigenvalue weighted by Gasteiger charge is 2.21. The molecule has 0 aliphatic rings. The van der Waals surface area contributed by atoms with Gasteiger partial charge in [0.2, 0.25) is 0 Å². The minimum Gasteiger partial charge on any atom is -0.279 e. The molecule has 0 unspecified atom stereocenters. The second-order valence-corrected chi connectivity index (χ2v) is 7.16. The Bertz CT molecular complexity index is 777. The fourth-order valence-corrected chi connectivity index (χ4v) is 3.44. The first-order valence-electron chi connectivity index (χ1n) is 6.92. The van der Waals surface area contributed by atoms with E-state index in [1.54, 1.807) is 12.1 Å². The molecule has 0 aromatic heterocycles. The van der Waals surface area contributed by atoms with E-state index in [1.165, 1.54) is 6.07 Å². The summed E-state index contributed by atoms with van der Waals surface area (Å²) in [5, 5.41) is 0.149. The first-order chi connectivity index (χ1) is 10.3. The summed E-state index contributed by atoms with van der Waals surface area (Å²) in [6, 6.07) is 10.6. The van der Waals surface area contributed by atoms with Crippen LogP contribution in [0, 0.1) is 5.82 Å². The summed E-state index contributed by atoms with van der Waals surface area (Å²) >= 11 is 5.66. The van der Waals surface area contributed by atoms with Crippen LogP contribution in [0.5, 0.6) is 0 Å². The molecule has 2 aromatic carbocycles. The molecular formula is C16H17ClFNO2S. The van der Waals surface area contributed by atoms with Crippen LogP contribution in [0.1, 0.15) is 31.7 Å². The van der Waals surface area contributed by atoms with Crippen molar-refractivity contribution < 1.29 is 12.8 Å². The third-order valence-electron chi connectivity index (χ3n) is 3.53. The van der Waals surface area contributed by atoms with Gasteiger partial charge in [-0.2, -0.15) is 0 Å². The maximum absolute atomic E-state index is 13.9. The summed E-state index contributed by atoms with van der Waals surface area (Å²) in [6.07, 6.45) is 0.869. The second kappa shape index (κ2) is 6.67. The smallest absolute Gasteiger partial charge is 0.264 e. The van der Waals surface area contributed by atoms with Crippen LogP contribution in [0.2, 0.25) is 5.02 Å². The Morgan fingerprint density at radius 1 is 1.23 bits per heavy atom. The summed E-state index contributed by atoms with van der Waals surface area (Å²) in [5.74, 6) is -0.685. The van der Waals surface area contributed by atoms with E-state index in [1.807, 2.05) is 26.0 Å². The average Bonchev–Trinajstić information content (AvgIpc) is 2.46. The second-order valence-electron chi connectivity index (χ2n) is 5.08. The molecule has 0 amide bonds. The zero-order valence-corrected chi connectivity index (χ0v) is 13.9. The lowest BCUT2D eigenvalue weighted by molar-refractivity contribution is 0.570. The lowest BCUT2D eigenvalue weighted by Gasteiger charge is -2.16. The Balaban J connectivity index is 2.41. The predicted octanol–water partition coefficient (Wildman–Crippen LogP) is 4.79. The van der Waals surface area contributed by atoms with Gasteiger partial charge in [-0.1, -0.05) is 43.6 Å². The molecular weight excluding hydrogens is 325 g/mol. The molecule has 3 nitrogen and oxygen atoms in total. The fraction of sp³-hybridized carbons (Fsp3) is 0.250. The summed E-state index contributed by atoms with van der Waals surface area (Å²) in [4.78, 5) is -0.421. The molecule has 118 valence electrons. The van der Waals surface area contributed by atoms with E-state index in [0.29, 0.717) is 5.69 Å². The molecule has 1 N–H and O–H groups in total. The van der Waals surface area contributed by atoms with Crippen molar-refractivity contribution in [2.75, 3.05) is 4.72 Å². The third-order valence-corrected chi connectivity index (χ3v) is 5.17. The lowest BCUT2D eigenvalue weighted by atomic mass is 9.97. The Morgan fingerprint density at radius 3 is 2.55 bits per heavy atom. The lowest BCUT2D eigenvalue weighted by Crippen LogP contribution is -2.16. The zero-order valence-electron chi connectivity index (χ0n) is 12.3. The van der Waals surface area contributed by atoms with E-state index in [-0.39, 0.29) is 10.9 Å². The fourth-order valence-electron chi connectivity index (χ4n) is 2.13. The van der Waals surface area contributed by atoms with Gasteiger partial charge in [-0.05, 0) is 42.2 Å². The topological polar surface area (TPSA) is 46.2 Å². The van der Waals surface area contributed by atoms with Gasteiger partial charge in [-0.15, -0.1) is 0 Å². The van der Waals surface area contributed by atoms with Gasteiger partial charge in [0.05, 0.1) is 5.69 Å². The van der Waals surface area contributed by atoms with Gasteiger partial charge in [-0.25, -0.2) is 12.8 Å². The van der Waals surface area contributed by atoms with E-state index in [4.69, 9.17) is 11.6 Å². The third kappa shape index (κ3) is 3.59. The number of hydrogen-bond donors (Lipinski definition) is 1. The van der Waals surface area contributed by atoms with Crippen LogP contribution in [-0.4, -0.2) is 8.42 Å². The van der Waals surface area contributed by atoms with Crippen LogP contribution in [0.15, 0.2) is 47.4 Å². The molecule has 0 aliphatic carbocycles. The van der Waals surface area contributed by atoms with E-state index in [2.05, 4.69) is 4.72 Å². The summed E-state index contributed by atoms with van der Waals surface area (Å²) < 4.78 is 41.1. The molecule has 2 aromatic rings. The average molecular weight is 342 g/mol. The highest BCUT2D eigenvalue weighted by Crippen LogP contribution is 2.29. The molecule has 0 bridgehead atoms. The highest BCUT2D eigenvalue weighted by atomic mass is 35.5. The quantitative estimate of drug-likeness (QED) is 0.849. The van der Waals surface area contributed by atoms with Gasteiger partial charge < -0.3 is 0 Å². The maximum atomic E-state index is 13.9. The molecule has 0 saturated heterocycles. The van der Waals surface area contributed by atoms with Crippen molar-refractivity contribution in [3.05, 3.63) is 58.9 Å². The Kier molecular flexibility index (Phi) is 5.08. The first-order valence-corrected chi connectivity index (χ1v) is 8.78. The number of benzene rings is 2. The number of anilines is 1. The van der Waals surface area contributed by atoms with Crippen molar-refractivity contribution in [1.82, 2.24) is 0 Å². The van der Waals surface area contributed by atoms with Crippen molar-refractivity contribution in [2.24, 2.45) is 0 Å². The van der Waals surface area contributed by atoms with E-state index < -0.39 is 20.7 Å². The van der Waals surface area contributed by atoms with Crippen LogP contribution < -0.4 is 4.72 Å². The number of halogens is 2. The van der Waals surface area contributed by atoms with Gasteiger partial charge in [0.15, 0.2) is 0 Å². The first kappa shape index (κ1) is 16.8. The van der Waals surface area contributed by atoms with Crippen LogP contribution >= 0.6 is 11.6 Å². The van der Waals surface area contributed by atoms with Crippen LogP contribution in [0.4, 0.5) is 10.1 Å². The van der Waals surface area contributed by atoms with Crippen molar-refractivity contribution in [2.45, 2.75) is 31.1 Å². The minimum absolute atomic E-state index is 0.149. The number of nitrogens with one attached hydrogen (secondary N) is 1. The van der Waals surface area contributed by atoms with Gasteiger partial charge in [0, 0.05) is 5.02 Å². The maximum Gasteiger partial charge on any atom is 0.264 e. The van der Waals surface area contributed by atoms with E-state index >= 15 is 0 Å². The zero-order chi connectivity index (χ0) is 16.3. The molecule has 0 aliphatic heterocycles. The Morgan fingerprint density at radius 2 is 1.91 bits per heavy atom. The molecule has 0 heterocycles. The summed E-state index contributed by atoms with van der Waals surface area (Å²) in [7, 11) is -4.01. The largest absolute Gasteiger partial charge is 0.279 e. The minimum atomic E-state index is -4.01. The Hall–Kier alpha value is -1.59. The predicted molar refractivity (Wildman–Crippen MR) is 87.4 cm³/mol. The molecule has 0 fully saturated rings. The van der Waals surface area contributed by atoms with Crippen molar-refractivity contribution >= 4 is 27.3 Å². The van der Waals surface area contributed by atoms with Crippen LogP contribution in [-0.2, 0) is 10.0 Å². The van der Waals surface area contributed by atoms with Gasteiger partial charge in [0.25, 0.3) is 10.0 Å². The van der Waals surface area contributed by atoms with Gasteiger partial charge >= 0.3 is 0 Å². The SMILES string of the molecule is CC[C@@H](C)c1ccccc1NS(=O)(=O)c1ccc(Cl)cc1F. The van der Waals surface area contributed by atoms with Crippen LogP contribution in [0.25, 0.3) is 0 Å². The molecule has 2 rings (SSSR count). The number of hydrogen-bond acceptors (Lipinski definition) is 2. The summed E-state index contributed by atoms with van der Waals surface area (Å²) in [6.45, 7) is 4.03. The number of rotatable bonds is 5. The molecule has 0 radical (unpaired) electrons. The van der Waals surface area contributed by atoms with E-state index in [0.717, 1.165) is 24.1 Å². The number of para-hydroxylation sites is 1. The van der Waals surface area contributed by atoms with Crippen LogP contribution in [0.3, 0.4) is 0 Å². The molecule has 0 saturated carbocycles. The highest BCUT2D eigenvalue weighted by molar-refractivity contribution is 7.92. The normalized spacial score (nSPS) is 12.9.